The zero-order valence-electron chi connectivity index (χ0n) is 20.5. The minimum Gasteiger partial charge on any atom is -0.398 e. The van der Waals surface area contributed by atoms with Crippen LogP contribution in [-0.2, 0) is 9.63 Å². The fourth-order valence-electron chi connectivity index (χ4n) is 3.87. The van der Waals surface area contributed by atoms with E-state index in [9.17, 15) is 4.79 Å². The highest BCUT2D eigenvalue weighted by Crippen LogP contribution is 2.38. The number of hydrogen-bond acceptors (Lipinski definition) is 7. The predicted octanol–water partition coefficient (Wildman–Crippen LogP) is 4.81. The largest absolute Gasteiger partial charge is 0.398 e. The number of anilines is 3. The average Bonchev–Trinajstić information content (AvgIpc) is 2.90. The first kappa shape index (κ1) is 23.8. The summed E-state index contributed by atoms with van der Waals surface area (Å²) >= 11 is 0. The Morgan fingerprint density at radius 2 is 1.66 bits per heavy atom. The third-order valence-electron chi connectivity index (χ3n) is 5.80. The van der Waals surface area contributed by atoms with Crippen molar-refractivity contribution in [3.8, 4) is 5.75 Å². The molecule has 0 aromatic heterocycles. The monoisotopic (exact) mass is 471 g/mol. The highest BCUT2D eigenvalue weighted by Gasteiger charge is 2.32. The van der Waals surface area contributed by atoms with Crippen molar-refractivity contribution in [3.05, 3.63) is 83.9 Å². The smallest absolute Gasteiger partial charge is 0.273 e. The lowest BCUT2D eigenvalue weighted by molar-refractivity contribution is -0.114. The maximum atomic E-state index is 12.4. The number of likely N-dealkylation sites (N-methyl/N-ethyl adjacent to an activating group) is 1. The highest BCUT2D eigenvalue weighted by molar-refractivity contribution is 6.46. The number of amides is 1. The van der Waals surface area contributed by atoms with E-state index in [1.54, 1.807) is 12.1 Å². The molecule has 180 valence electrons. The van der Waals surface area contributed by atoms with Crippen LogP contribution in [0.1, 0.15) is 25.0 Å². The highest BCUT2D eigenvalue weighted by atomic mass is 16.7. The first-order chi connectivity index (χ1) is 16.9. The molecule has 1 atom stereocenters. The van der Waals surface area contributed by atoms with Gasteiger partial charge in [-0.3, -0.25) is 4.79 Å². The molecule has 8 nitrogen and oxygen atoms in total. The Bertz CT molecular complexity index is 1220. The molecule has 1 amide bonds. The van der Waals surface area contributed by atoms with Gasteiger partial charge in [-0.15, -0.1) is 0 Å². The number of hydrogen-bond donors (Lipinski definition) is 1. The number of nitrogens with one attached hydrogen (secondary N) is 1. The zero-order valence-corrected chi connectivity index (χ0v) is 20.5. The molecule has 0 radical (unpaired) electrons. The van der Waals surface area contributed by atoms with Crippen LogP contribution in [0.15, 0.2) is 83.1 Å². The zero-order chi connectivity index (χ0) is 24.9. The van der Waals surface area contributed by atoms with Crippen LogP contribution in [0.4, 0.5) is 17.1 Å². The lowest BCUT2D eigenvalue weighted by Gasteiger charge is -2.37. The van der Waals surface area contributed by atoms with Crippen molar-refractivity contribution in [2.24, 2.45) is 10.3 Å². The summed E-state index contributed by atoms with van der Waals surface area (Å²) in [6.45, 7) is 5.94. The van der Waals surface area contributed by atoms with E-state index in [1.165, 1.54) is 7.11 Å². The minimum absolute atomic E-state index is 0.159. The van der Waals surface area contributed by atoms with E-state index in [0.717, 1.165) is 28.3 Å². The number of carbonyl (C=O) groups is 1. The van der Waals surface area contributed by atoms with Gasteiger partial charge in [-0.05, 0) is 62.7 Å². The van der Waals surface area contributed by atoms with E-state index in [-0.39, 0.29) is 17.7 Å². The van der Waals surface area contributed by atoms with Gasteiger partial charge in [0.15, 0.2) is 11.5 Å². The molecule has 3 aromatic carbocycles. The number of oxime groups is 1. The molecule has 0 fully saturated rings. The van der Waals surface area contributed by atoms with Crippen molar-refractivity contribution < 1.29 is 14.5 Å². The maximum Gasteiger partial charge on any atom is 0.273 e. The summed E-state index contributed by atoms with van der Waals surface area (Å²) in [7, 11) is 2.96. The van der Waals surface area contributed by atoms with E-state index in [4.69, 9.17) is 14.8 Å². The van der Waals surface area contributed by atoms with Crippen molar-refractivity contribution in [2.45, 2.75) is 26.8 Å². The third kappa shape index (κ3) is 4.82. The molecule has 0 aliphatic carbocycles. The third-order valence-corrected chi connectivity index (χ3v) is 5.80. The second-order valence-electron chi connectivity index (χ2n) is 8.16. The Labute approximate surface area is 205 Å². The Morgan fingerprint density at radius 1 is 1.06 bits per heavy atom. The summed E-state index contributed by atoms with van der Waals surface area (Å²) in [5, 5.41) is 15.2. The van der Waals surface area contributed by atoms with Gasteiger partial charge in [-0.1, -0.05) is 41.6 Å². The standard InChI is InChI=1S/C27H29N5O3/c1-18-16-23-17-24(25(30-34-5)27(33)28-4)26(18)35-32(23)20(3)19(2)29-31(21-12-8-6-9-13-21)22-14-10-7-11-15-22/h6-17,20H,1-5H3,(H,28,33). The van der Waals surface area contributed by atoms with Crippen LogP contribution in [-0.4, -0.2) is 37.5 Å². The molecule has 1 N–H and O–H groups in total. The molecule has 8 heteroatoms. The van der Waals surface area contributed by atoms with Gasteiger partial charge < -0.3 is 15.0 Å². The van der Waals surface area contributed by atoms with Crippen LogP contribution in [0.5, 0.6) is 5.75 Å². The van der Waals surface area contributed by atoms with Gasteiger partial charge in [0.05, 0.1) is 28.3 Å². The van der Waals surface area contributed by atoms with E-state index >= 15 is 0 Å². The normalized spacial score (nSPS) is 13.8. The van der Waals surface area contributed by atoms with Gasteiger partial charge in [0.25, 0.3) is 5.91 Å². The predicted molar refractivity (Wildman–Crippen MR) is 139 cm³/mol. The van der Waals surface area contributed by atoms with Crippen LogP contribution < -0.4 is 20.2 Å². The van der Waals surface area contributed by atoms with E-state index in [0.29, 0.717) is 11.3 Å². The molecule has 3 aromatic rings. The van der Waals surface area contributed by atoms with Gasteiger partial charge in [0.2, 0.25) is 0 Å². The van der Waals surface area contributed by atoms with E-state index < -0.39 is 0 Å². The Hall–Kier alpha value is -4.33. The maximum absolute atomic E-state index is 12.4. The van der Waals surface area contributed by atoms with Crippen molar-refractivity contribution in [1.82, 2.24) is 5.32 Å². The fraction of sp³-hybridized carbons (Fsp3) is 0.222. The molecular weight excluding hydrogens is 442 g/mol. The SMILES string of the molecule is CNC(=O)C(=NOC)c1cc2cc(C)c1ON2C(C)C(C)=NN(c1ccccc1)c1ccccc1. The quantitative estimate of drug-likeness (QED) is 0.377. The molecule has 2 aliphatic heterocycles. The Kier molecular flexibility index (Phi) is 7.01. The number of rotatable bonds is 8. The van der Waals surface area contributed by atoms with Crippen molar-refractivity contribution in [1.29, 1.82) is 0 Å². The molecule has 2 aliphatic rings. The van der Waals surface area contributed by atoms with Crippen molar-refractivity contribution in [3.63, 3.8) is 0 Å². The van der Waals surface area contributed by atoms with Crippen LogP contribution in [0.3, 0.4) is 0 Å². The van der Waals surface area contributed by atoms with Gasteiger partial charge in [-0.25, -0.2) is 10.1 Å². The van der Waals surface area contributed by atoms with E-state index in [2.05, 4.69) is 10.5 Å². The lowest BCUT2D eigenvalue weighted by atomic mass is 10.0. The summed E-state index contributed by atoms with van der Waals surface area (Å²) in [6, 6.07) is 23.7. The van der Waals surface area contributed by atoms with Crippen molar-refractivity contribution in [2.75, 3.05) is 24.2 Å². The lowest BCUT2D eigenvalue weighted by Crippen LogP contribution is -2.44. The van der Waals surface area contributed by atoms with Gasteiger partial charge in [0.1, 0.15) is 13.2 Å². The molecule has 2 heterocycles. The number of para-hydroxylation sites is 2. The number of hydrazone groups is 1. The molecule has 1 unspecified atom stereocenters. The number of hydroxylamine groups is 1. The molecule has 0 saturated heterocycles. The van der Waals surface area contributed by atoms with Crippen LogP contribution in [0.25, 0.3) is 0 Å². The molecule has 2 bridgehead atoms. The topological polar surface area (TPSA) is 78.8 Å². The second kappa shape index (κ2) is 10.3. The van der Waals surface area contributed by atoms with E-state index in [1.807, 2.05) is 98.6 Å². The molecule has 0 spiro atoms. The van der Waals surface area contributed by atoms with Crippen LogP contribution in [0.2, 0.25) is 0 Å². The summed E-state index contributed by atoms with van der Waals surface area (Å²) in [5.74, 6) is 0.205. The molecule has 0 saturated carbocycles. The molecule has 35 heavy (non-hydrogen) atoms. The van der Waals surface area contributed by atoms with Gasteiger partial charge in [-0.2, -0.15) is 5.10 Å². The summed E-state index contributed by atoms with van der Waals surface area (Å²) < 4.78 is 0. The average molecular weight is 472 g/mol. The molecule has 5 rings (SSSR count). The number of aryl methyl sites for hydroxylation is 1. The fourth-order valence-corrected chi connectivity index (χ4v) is 3.87. The Morgan fingerprint density at radius 3 is 2.17 bits per heavy atom. The number of carbonyl (C=O) groups excluding carboxylic acids is 1. The summed E-state index contributed by atoms with van der Waals surface area (Å²) in [6.07, 6.45) is 0. The summed E-state index contributed by atoms with van der Waals surface area (Å²) in [5.41, 5.74) is 5.19. The number of fused-ring (bicyclic) bond motifs is 3. The van der Waals surface area contributed by atoms with Crippen molar-refractivity contribution >= 4 is 34.4 Å². The van der Waals surface area contributed by atoms with Crippen LogP contribution >= 0.6 is 0 Å². The minimum atomic E-state index is -0.353. The Balaban J connectivity index is 1.68. The first-order valence-electron chi connectivity index (χ1n) is 11.3. The first-order valence-corrected chi connectivity index (χ1v) is 11.3. The number of nitrogens with zero attached hydrogens (tertiary/aromatic N) is 4. The van der Waals surface area contributed by atoms with Gasteiger partial charge >= 0.3 is 0 Å². The van der Waals surface area contributed by atoms with Gasteiger partial charge in [0, 0.05) is 7.05 Å². The van der Waals surface area contributed by atoms with Crippen LogP contribution in [0, 0.1) is 6.92 Å². The second-order valence-corrected chi connectivity index (χ2v) is 8.16. The number of benzene rings is 3. The molecular formula is C27H29N5O3. The summed E-state index contributed by atoms with van der Waals surface area (Å²) in [4.78, 5) is 23.6.